The fourth-order valence-corrected chi connectivity index (χ4v) is 3.38. The Kier molecular flexibility index (Phi) is 17.6. The molecule has 3 atom stereocenters. The minimum Gasteiger partial charge on any atom is -0.460 e. The summed E-state index contributed by atoms with van der Waals surface area (Å²) in [6, 6.07) is 0. The van der Waals surface area contributed by atoms with Crippen LogP contribution in [0.4, 0.5) is 0 Å². The van der Waals surface area contributed by atoms with Gasteiger partial charge in [-0.1, -0.05) is 19.7 Å². The highest BCUT2D eigenvalue weighted by atomic mass is 31.2. The van der Waals surface area contributed by atoms with Crippen molar-refractivity contribution in [1.29, 1.82) is 0 Å². The van der Waals surface area contributed by atoms with Crippen molar-refractivity contribution < 1.29 is 60.9 Å². The van der Waals surface area contributed by atoms with Gasteiger partial charge in [0.1, 0.15) is 19.8 Å². The van der Waals surface area contributed by atoms with Gasteiger partial charge in [-0.05, 0) is 20.8 Å². The van der Waals surface area contributed by atoms with Gasteiger partial charge in [0, 0.05) is 18.2 Å². The van der Waals surface area contributed by atoms with Crippen molar-refractivity contribution in [3.05, 3.63) is 38.0 Å². The standard InChI is InChI=1S/C21H33O13P/c1-7-19(22)29-13-10-26-16(4)32-35(25,33-17(5)27-11-14-30-20(23)8-2)34-18(6)28-12-15-31-21(24)9-3/h7-9,16-18H,1-3,10-15H2,4-6H3. The molecule has 0 aliphatic rings. The maximum Gasteiger partial charge on any atom is 0.481 e. The molecular formula is C21H33O13P. The number of phosphoric acid groups is 1. The number of esters is 3. The van der Waals surface area contributed by atoms with Crippen molar-refractivity contribution in [2.75, 3.05) is 39.6 Å². The number of rotatable bonds is 21. The number of hydrogen-bond acceptors (Lipinski definition) is 13. The molecule has 0 spiro atoms. The fourth-order valence-electron chi connectivity index (χ4n) is 1.96. The number of ether oxygens (including phenoxy) is 6. The summed E-state index contributed by atoms with van der Waals surface area (Å²) in [4.78, 5) is 33.1. The maximum absolute atomic E-state index is 13.2. The largest absolute Gasteiger partial charge is 0.481 e. The lowest BCUT2D eigenvalue weighted by Gasteiger charge is -2.26. The third-order valence-corrected chi connectivity index (χ3v) is 5.04. The molecule has 0 aromatic heterocycles. The lowest BCUT2D eigenvalue weighted by molar-refractivity contribution is -0.162. The Morgan fingerprint density at radius 1 is 0.600 bits per heavy atom. The molecule has 200 valence electrons. The molecule has 0 rings (SSSR count). The second kappa shape index (κ2) is 18.9. The summed E-state index contributed by atoms with van der Waals surface area (Å²) >= 11 is 0. The van der Waals surface area contributed by atoms with Crippen LogP contribution in [-0.2, 0) is 60.9 Å². The number of hydrogen-bond donors (Lipinski definition) is 0. The van der Waals surface area contributed by atoms with E-state index in [-0.39, 0.29) is 39.6 Å². The smallest absolute Gasteiger partial charge is 0.460 e. The zero-order valence-corrected chi connectivity index (χ0v) is 21.0. The Bertz CT molecular complexity index is 644. The zero-order chi connectivity index (χ0) is 26.7. The van der Waals surface area contributed by atoms with E-state index in [4.69, 9.17) is 42.0 Å². The van der Waals surface area contributed by atoms with Crippen LogP contribution >= 0.6 is 7.82 Å². The van der Waals surface area contributed by atoms with Crippen LogP contribution in [0.2, 0.25) is 0 Å². The molecule has 0 saturated carbocycles. The van der Waals surface area contributed by atoms with E-state index in [0.717, 1.165) is 18.2 Å². The molecule has 14 heteroatoms. The van der Waals surface area contributed by atoms with E-state index in [1.807, 2.05) is 0 Å². The van der Waals surface area contributed by atoms with Crippen molar-refractivity contribution in [2.24, 2.45) is 0 Å². The van der Waals surface area contributed by atoms with E-state index < -0.39 is 44.6 Å². The number of carbonyl (C=O) groups excluding carboxylic acids is 3. The third kappa shape index (κ3) is 17.7. The summed E-state index contributed by atoms with van der Waals surface area (Å²) in [5, 5.41) is 0. The van der Waals surface area contributed by atoms with Crippen LogP contribution in [0.3, 0.4) is 0 Å². The van der Waals surface area contributed by atoms with Gasteiger partial charge in [0.05, 0.1) is 19.8 Å². The summed E-state index contributed by atoms with van der Waals surface area (Å²) in [7, 11) is -4.36. The molecule has 13 nitrogen and oxygen atoms in total. The summed E-state index contributed by atoms with van der Waals surface area (Å²) in [5.74, 6) is -1.89. The van der Waals surface area contributed by atoms with Gasteiger partial charge in [0.25, 0.3) is 0 Å². The molecule has 35 heavy (non-hydrogen) atoms. The van der Waals surface area contributed by atoms with Gasteiger partial charge >= 0.3 is 25.7 Å². The lowest BCUT2D eigenvalue weighted by Crippen LogP contribution is -2.24. The van der Waals surface area contributed by atoms with Crippen LogP contribution in [0.15, 0.2) is 38.0 Å². The van der Waals surface area contributed by atoms with Crippen LogP contribution in [0.5, 0.6) is 0 Å². The van der Waals surface area contributed by atoms with Gasteiger partial charge in [-0.3, -0.25) is 13.6 Å². The SMILES string of the molecule is C=CC(=O)OCCOC(C)OP(=O)(OC(C)OCCOC(=O)C=C)OC(C)OCCOC(=O)C=C. The molecule has 0 fully saturated rings. The molecular weight excluding hydrogens is 491 g/mol. The Morgan fingerprint density at radius 3 is 1.09 bits per heavy atom. The Hall–Kier alpha value is -2.38. The van der Waals surface area contributed by atoms with Crippen molar-refractivity contribution >= 4 is 25.7 Å². The highest BCUT2D eigenvalue weighted by Crippen LogP contribution is 2.53. The molecule has 0 aromatic carbocycles. The number of phosphoric ester groups is 1. The minimum atomic E-state index is -4.36. The van der Waals surface area contributed by atoms with Gasteiger partial charge in [0.2, 0.25) is 0 Å². The first kappa shape index (κ1) is 32.6. The van der Waals surface area contributed by atoms with Gasteiger partial charge in [-0.15, -0.1) is 0 Å². The first-order valence-electron chi connectivity index (χ1n) is 10.4. The molecule has 0 saturated heterocycles. The van der Waals surface area contributed by atoms with Crippen LogP contribution in [0, 0.1) is 0 Å². The molecule has 0 heterocycles. The average molecular weight is 524 g/mol. The molecule has 0 aliphatic carbocycles. The van der Waals surface area contributed by atoms with E-state index in [1.165, 1.54) is 20.8 Å². The van der Waals surface area contributed by atoms with Crippen LogP contribution < -0.4 is 0 Å². The Labute approximate surface area is 204 Å². The lowest BCUT2D eigenvalue weighted by atomic mass is 10.6. The highest BCUT2D eigenvalue weighted by molar-refractivity contribution is 7.48. The molecule has 0 radical (unpaired) electrons. The first-order chi connectivity index (χ1) is 16.5. The Morgan fingerprint density at radius 2 is 0.857 bits per heavy atom. The van der Waals surface area contributed by atoms with Crippen molar-refractivity contribution in [1.82, 2.24) is 0 Å². The van der Waals surface area contributed by atoms with Crippen molar-refractivity contribution in [3.8, 4) is 0 Å². The van der Waals surface area contributed by atoms with Crippen LogP contribution in [0.1, 0.15) is 20.8 Å². The summed E-state index contributed by atoms with van der Waals surface area (Å²) in [5.41, 5.74) is 0. The van der Waals surface area contributed by atoms with E-state index in [9.17, 15) is 18.9 Å². The number of carbonyl (C=O) groups is 3. The van der Waals surface area contributed by atoms with Gasteiger partial charge in [-0.2, -0.15) is 0 Å². The highest BCUT2D eigenvalue weighted by Gasteiger charge is 2.35. The molecule has 0 aromatic rings. The summed E-state index contributed by atoms with van der Waals surface area (Å²) in [6.07, 6.45) is -0.376. The average Bonchev–Trinajstić information content (AvgIpc) is 2.81. The summed E-state index contributed by atoms with van der Waals surface area (Å²) in [6.45, 7) is 13.5. The van der Waals surface area contributed by atoms with E-state index >= 15 is 0 Å². The van der Waals surface area contributed by atoms with Crippen LogP contribution in [0.25, 0.3) is 0 Å². The molecule has 0 N–H and O–H groups in total. The monoisotopic (exact) mass is 524 g/mol. The second-order valence-electron chi connectivity index (χ2n) is 6.19. The quantitative estimate of drug-likeness (QED) is 0.0540. The normalized spacial score (nSPS) is 15.1. The zero-order valence-electron chi connectivity index (χ0n) is 20.1. The molecule has 0 aliphatic heterocycles. The summed E-state index contributed by atoms with van der Waals surface area (Å²) < 4.78 is 59.3. The maximum atomic E-state index is 13.2. The molecule has 0 amide bonds. The van der Waals surface area contributed by atoms with E-state index in [2.05, 4.69) is 19.7 Å². The van der Waals surface area contributed by atoms with Crippen molar-refractivity contribution in [2.45, 2.75) is 39.6 Å². The minimum absolute atomic E-state index is 0.0812. The van der Waals surface area contributed by atoms with E-state index in [1.54, 1.807) is 0 Å². The predicted octanol–water partition coefficient (Wildman–Crippen LogP) is 2.42. The van der Waals surface area contributed by atoms with Crippen molar-refractivity contribution in [3.63, 3.8) is 0 Å². The second-order valence-corrected chi connectivity index (χ2v) is 7.72. The third-order valence-electron chi connectivity index (χ3n) is 3.37. The fraction of sp³-hybridized carbons (Fsp3) is 0.571. The van der Waals surface area contributed by atoms with Crippen LogP contribution in [-0.4, -0.2) is 76.4 Å². The van der Waals surface area contributed by atoms with E-state index in [0.29, 0.717) is 0 Å². The molecule has 0 bridgehead atoms. The molecule has 3 unspecified atom stereocenters. The first-order valence-corrected chi connectivity index (χ1v) is 11.9. The predicted molar refractivity (Wildman–Crippen MR) is 121 cm³/mol. The topological polar surface area (TPSA) is 151 Å². The van der Waals surface area contributed by atoms with Gasteiger partial charge in [0.15, 0.2) is 18.9 Å². The Balaban J connectivity index is 4.86. The van der Waals surface area contributed by atoms with Gasteiger partial charge in [-0.25, -0.2) is 18.9 Å². The van der Waals surface area contributed by atoms with Gasteiger partial charge < -0.3 is 28.4 Å².